The van der Waals surface area contributed by atoms with Crippen LogP contribution in [-0.4, -0.2) is 12.5 Å². The van der Waals surface area contributed by atoms with Gasteiger partial charge in [0.2, 0.25) is 5.91 Å². The summed E-state index contributed by atoms with van der Waals surface area (Å²) >= 11 is 5.86. The molecule has 23 heavy (non-hydrogen) atoms. The second-order valence-electron chi connectivity index (χ2n) is 6.30. The van der Waals surface area contributed by atoms with Gasteiger partial charge in [0.15, 0.2) is 0 Å². The van der Waals surface area contributed by atoms with E-state index in [1.54, 1.807) is 0 Å². The Morgan fingerprint density at radius 1 is 1.09 bits per heavy atom. The third kappa shape index (κ3) is 4.84. The van der Waals surface area contributed by atoms with E-state index in [9.17, 15) is 4.79 Å². The van der Waals surface area contributed by atoms with Crippen molar-refractivity contribution in [3.05, 3.63) is 70.7 Å². The molecule has 3 heteroatoms. The van der Waals surface area contributed by atoms with Crippen LogP contribution in [0.25, 0.3) is 0 Å². The molecule has 0 aromatic heterocycles. The summed E-state index contributed by atoms with van der Waals surface area (Å²) in [5, 5.41) is 3.83. The minimum Gasteiger partial charge on any atom is -0.356 e. The molecule has 2 aromatic carbocycles. The normalized spacial score (nSPS) is 19.3. The highest BCUT2D eigenvalue weighted by Gasteiger charge is 2.37. The van der Waals surface area contributed by atoms with E-state index in [2.05, 4.69) is 29.6 Å². The van der Waals surface area contributed by atoms with Crippen molar-refractivity contribution in [2.45, 2.75) is 31.6 Å². The summed E-state index contributed by atoms with van der Waals surface area (Å²) < 4.78 is 0. The van der Waals surface area contributed by atoms with Crippen molar-refractivity contribution in [3.63, 3.8) is 0 Å². The SMILES string of the molecule is O=C(CCCc1ccc(Cl)cc1)NCC1CC1c1ccccc1. The second-order valence-corrected chi connectivity index (χ2v) is 6.73. The first-order valence-corrected chi connectivity index (χ1v) is 8.66. The van der Waals surface area contributed by atoms with Crippen molar-refractivity contribution in [3.8, 4) is 0 Å². The smallest absolute Gasteiger partial charge is 0.220 e. The van der Waals surface area contributed by atoms with Crippen LogP contribution in [0.1, 0.15) is 36.3 Å². The zero-order valence-electron chi connectivity index (χ0n) is 13.2. The van der Waals surface area contributed by atoms with E-state index < -0.39 is 0 Å². The number of benzene rings is 2. The summed E-state index contributed by atoms with van der Waals surface area (Å²) in [6, 6.07) is 18.4. The fraction of sp³-hybridized carbons (Fsp3) is 0.350. The fourth-order valence-electron chi connectivity index (χ4n) is 3.02. The van der Waals surface area contributed by atoms with Gasteiger partial charge in [0.05, 0.1) is 0 Å². The minimum atomic E-state index is 0.165. The zero-order chi connectivity index (χ0) is 16.1. The van der Waals surface area contributed by atoms with Gasteiger partial charge in [-0.15, -0.1) is 0 Å². The molecule has 0 radical (unpaired) electrons. The number of halogens is 1. The molecule has 1 fully saturated rings. The summed E-state index contributed by atoms with van der Waals surface area (Å²) in [5.41, 5.74) is 2.63. The summed E-state index contributed by atoms with van der Waals surface area (Å²) in [6.07, 6.45) is 3.57. The number of amides is 1. The molecule has 120 valence electrons. The summed E-state index contributed by atoms with van der Waals surface area (Å²) in [6.45, 7) is 0.805. The molecule has 1 saturated carbocycles. The highest BCUT2D eigenvalue weighted by Crippen LogP contribution is 2.46. The lowest BCUT2D eigenvalue weighted by Crippen LogP contribution is -2.25. The predicted molar refractivity (Wildman–Crippen MR) is 94.7 cm³/mol. The van der Waals surface area contributed by atoms with E-state index in [1.807, 2.05) is 30.3 Å². The number of rotatable bonds is 7. The van der Waals surface area contributed by atoms with Gasteiger partial charge in [-0.1, -0.05) is 54.1 Å². The first kappa shape index (κ1) is 16.1. The second kappa shape index (κ2) is 7.65. The topological polar surface area (TPSA) is 29.1 Å². The average Bonchev–Trinajstić information content (AvgIpc) is 3.35. The Morgan fingerprint density at radius 2 is 1.83 bits per heavy atom. The Balaban J connectivity index is 1.32. The van der Waals surface area contributed by atoms with Crippen molar-refractivity contribution in [2.75, 3.05) is 6.54 Å². The van der Waals surface area contributed by atoms with Gasteiger partial charge < -0.3 is 5.32 Å². The van der Waals surface area contributed by atoms with Crippen LogP contribution in [0.2, 0.25) is 5.02 Å². The van der Waals surface area contributed by atoms with E-state index in [-0.39, 0.29) is 5.91 Å². The monoisotopic (exact) mass is 327 g/mol. The van der Waals surface area contributed by atoms with E-state index in [1.165, 1.54) is 17.5 Å². The number of hydrogen-bond acceptors (Lipinski definition) is 1. The predicted octanol–water partition coefficient (Wildman–Crippen LogP) is 4.58. The molecule has 1 N–H and O–H groups in total. The summed E-state index contributed by atoms with van der Waals surface area (Å²) in [7, 11) is 0. The molecule has 2 aromatic rings. The molecule has 2 unspecified atom stereocenters. The standard InChI is InChI=1S/C20H22ClNO/c21-18-11-9-15(10-12-18)5-4-8-20(23)22-14-17-13-19(17)16-6-2-1-3-7-16/h1-3,6-7,9-12,17,19H,4-5,8,13-14H2,(H,22,23). The van der Waals surface area contributed by atoms with Gasteiger partial charge in [0, 0.05) is 18.0 Å². The Bertz CT molecular complexity index is 638. The molecule has 3 rings (SSSR count). The molecule has 1 aliphatic rings. The van der Waals surface area contributed by atoms with Gasteiger partial charge in [0.1, 0.15) is 0 Å². The first-order chi connectivity index (χ1) is 11.2. The Hall–Kier alpha value is -1.80. The van der Waals surface area contributed by atoms with Crippen LogP contribution in [0.4, 0.5) is 0 Å². The van der Waals surface area contributed by atoms with Gasteiger partial charge in [-0.2, -0.15) is 0 Å². The third-order valence-corrected chi connectivity index (χ3v) is 4.75. The van der Waals surface area contributed by atoms with Crippen LogP contribution in [0.15, 0.2) is 54.6 Å². The van der Waals surface area contributed by atoms with Crippen molar-refractivity contribution in [2.24, 2.45) is 5.92 Å². The molecule has 0 spiro atoms. The van der Waals surface area contributed by atoms with E-state index in [4.69, 9.17) is 11.6 Å². The van der Waals surface area contributed by atoms with Crippen LogP contribution in [0, 0.1) is 5.92 Å². The maximum atomic E-state index is 11.9. The Morgan fingerprint density at radius 3 is 2.57 bits per heavy atom. The van der Waals surface area contributed by atoms with E-state index >= 15 is 0 Å². The maximum absolute atomic E-state index is 11.9. The molecule has 2 atom stereocenters. The molecule has 0 aliphatic heterocycles. The molecular weight excluding hydrogens is 306 g/mol. The molecular formula is C20H22ClNO. The average molecular weight is 328 g/mol. The lowest BCUT2D eigenvalue weighted by atomic mass is 10.1. The van der Waals surface area contributed by atoms with Gasteiger partial charge >= 0.3 is 0 Å². The lowest BCUT2D eigenvalue weighted by molar-refractivity contribution is -0.121. The highest BCUT2D eigenvalue weighted by atomic mass is 35.5. The molecule has 0 saturated heterocycles. The van der Waals surface area contributed by atoms with Gasteiger partial charge in [-0.25, -0.2) is 0 Å². The summed E-state index contributed by atoms with van der Waals surface area (Å²) in [5.74, 6) is 1.40. The number of carbonyl (C=O) groups is 1. The molecule has 1 aliphatic carbocycles. The Labute approximate surface area is 142 Å². The third-order valence-electron chi connectivity index (χ3n) is 4.49. The Kier molecular flexibility index (Phi) is 5.35. The zero-order valence-corrected chi connectivity index (χ0v) is 13.9. The number of carbonyl (C=O) groups excluding carboxylic acids is 1. The van der Waals surface area contributed by atoms with Crippen LogP contribution in [-0.2, 0) is 11.2 Å². The largest absolute Gasteiger partial charge is 0.356 e. The number of hydrogen-bond donors (Lipinski definition) is 1. The van der Waals surface area contributed by atoms with Gasteiger partial charge in [-0.3, -0.25) is 4.79 Å². The van der Waals surface area contributed by atoms with Gasteiger partial charge in [-0.05, 0) is 54.4 Å². The number of nitrogens with one attached hydrogen (secondary N) is 1. The van der Waals surface area contributed by atoms with Crippen LogP contribution in [0.3, 0.4) is 0 Å². The summed E-state index contributed by atoms with van der Waals surface area (Å²) in [4.78, 5) is 11.9. The van der Waals surface area contributed by atoms with Crippen molar-refractivity contribution < 1.29 is 4.79 Å². The van der Waals surface area contributed by atoms with Crippen LogP contribution >= 0.6 is 11.6 Å². The van der Waals surface area contributed by atoms with Crippen molar-refractivity contribution in [1.82, 2.24) is 5.32 Å². The van der Waals surface area contributed by atoms with E-state index in [0.717, 1.165) is 24.4 Å². The number of aryl methyl sites for hydroxylation is 1. The maximum Gasteiger partial charge on any atom is 0.220 e. The molecule has 1 amide bonds. The molecule has 2 nitrogen and oxygen atoms in total. The molecule has 0 bridgehead atoms. The first-order valence-electron chi connectivity index (χ1n) is 8.28. The van der Waals surface area contributed by atoms with Gasteiger partial charge in [0.25, 0.3) is 0 Å². The van der Waals surface area contributed by atoms with Crippen LogP contribution < -0.4 is 5.32 Å². The fourth-order valence-corrected chi connectivity index (χ4v) is 3.15. The molecule has 0 heterocycles. The highest BCUT2D eigenvalue weighted by molar-refractivity contribution is 6.30. The quantitative estimate of drug-likeness (QED) is 0.792. The van der Waals surface area contributed by atoms with E-state index in [0.29, 0.717) is 18.3 Å². The lowest BCUT2D eigenvalue weighted by Gasteiger charge is -2.05. The van der Waals surface area contributed by atoms with Crippen LogP contribution in [0.5, 0.6) is 0 Å². The van der Waals surface area contributed by atoms with Crippen molar-refractivity contribution >= 4 is 17.5 Å². The van der Waals surface area contributed by atoms with Crippen molar-refractivity contribution in [1.29, 1.82) is 0 Å². The minimum absolute atomic E-state index is 0.165.